The predicted octanol–water partition coefficient (Wildman–Crippen LogP) is -0.139. The number of carbonyl (C=O) groups excluding carboxylic acids is 1. The molecule has 3 aliphatic heterocycles. The fourth-order valence-corrected chi connectivity index (χ4v) is 5.99. The summed E-state index contributed by atoms with van der Waals surface area (Å²) in [4.78, 5) is 15.2. The lowest BCUT2D eigenvalue weighted by Crippen LogP contribution is -2.60. The highest BCUT2D eigenvalue weighted by molar-refractivity contribution is 5.95. The van der Waals surface area contributed by atoms with Crippen molar-refractivity contribution in [1.82, 2.24) is 4.90 Å². The highest BCUT2D eigenvalue weighted by atomic mass is 16.7. The van der Waals surface area contributed by atoms with Crippen molar-refractivity contribution in [3.05, 3.63) is 47.6 Å². The molecule has 190 valence electrons. The third kappa shape index (κ3) is 3.94. The molecular weight excluding hydrogens is 458 g/mol. The van der Waals surface area contributed by atoms with Gasteiger partial charge < -0.3 is 45.0 Å². The molecule has 6 N–H and O–H groups in total. The lowest BCUT2D eigenvalue weighted by molar-refractivity contribution is -0.314. The van der Waals surface area contributed by atoms with Crippen LogP contribution in [0.1, 0.15) is 30.0 Å². The summed E-state index contributed by atoms with van der Waals surface area (Å²) in [6.45, 7) is 3.91. The smallest absolute Gasteiger partial charge is 0.250 e. The van der Waals surface area contributed by atoms with Gasteiger partial charge in [0, 0.05) is 24.0 Å². The van der Waals surface area contributed by atoms with Crippen molar-refractivity contribution in [1.29, 1.82) is 0 Å². The van der Waals surface area contributed by atoms with E-state index in [2.05, 4.69) is 6.58 Å². The summed E-state index contributed by atoms with van der Waals surface area (Å²) < 4.78 is 11.6. The predicted molar refractivity (Wildman–Crippen MR) is 121 cm³/mol. The molecule has 0 bridgehead atoms. The zero-order valence-electron chi connectivity index (χ0n) is 19.1. The van der Waals surface area contributed by atoms with E-state index in [1.54, 1.807) is 17.0 Å². The van der Waals surface area contributed by atoms with Gasteiger partial charge in [-0.25, -0.2) is 0 Å². The first-order valence-corrected chi connectivity index (χ1v) is 11.9. The molecule has 0 spiro atoms. The number of hydrogen-bond acceptors (Lipinski definition) is 9. The van der Waals surface area contributed by atoms with Crippen LogP contribution in [0.25, 0.3) is 0 Å². The minimum absolute atomic E-state index is 0.0809. The minimum Gasteiger partial charge on any atom is -0.504 e. The van der Waals surface area contributed by atoms with Crippen LogP contribution < -0.4 is 0 Å². The number of amides is 1. The average Bonchev–Trinajstić information content (AvgIpc) is 2.85. The molecule has 2 fully saturated rings. The number of fused-ring (bicyclic) bond motifs is 4. The maximum atomic E-state index is 13.4. The van der Waals surface area contributed by atoms with E-state index in [9.17, 15) is 35.4 Å². The Hall–Kier alpha value is -2.47. The molecule has 0 radical (unpaired) electrons. The minimum atomic E-state index is -1.55. The number of phenols is 2. The summed E-state index contributed by atoms with van der Waals surface area (Å²) in [5.74, 6) is -1.05. The number of rotatable bonds is 4. The number of aliphatic hydroxyl groups is 4. The number of phenolic OH excluding ortho intramolecular Hbond substituents is 2. The normalized spacial score (nSPS) is 38.7. The zero-order chi connectivity index (χ0) is 25.0. The topological polar surface area (TPSA) is 160 Å². The fraction of sp³-hybridized carbons (Fsp3) is 0.560. The van der Waals surface area contributed by atoms with E-state index >= 15 is 0 Å². The molecule has 5 rings (SSSR count). The first-order valence-electron chi connectivity index (χ1n) is 11.9. The van der Waals surface area contributed by atoms with E-state index in [-0.39, 0.29) is 35.3 Å². The Morgan fingerprint density at radius 3 is 2.60 bits per heavy atom. The molecule has 35 heavy (non-hydrogen) atoms. The Labute approximate surface area is 202 Å². The van der Waals surface area contributed by atoms with Crippen LogP contribution in [0.3, 0.4) is 0 Å². The lowest BCUT2D eigenvalue weighted by atomic mass is 9.69. The maximum absolute atomic E-state index is 13.4. The largest absolute Gasteiger partial charge is 0.504 e. The van der Waals surface area contributed by atoms with Gasteiger partial charge in [-0.1, -0.05) is 12.2 Å². The Bertz CT molecular complexity index is 1040. The Kier molecular flexibility index (Phi) is 6.37. The number of hydrogen-bond donors (Lipinski definition) is 6. The van der Waals surface area contributed by atoms with Crippen LogP contribution >= 0.6 is 0 Å². The van der Waals surface area contributed by atoms with E-state index in [0.717, 1.165) is 11.1 Å². The number of piperidine rings is 1. The van der Waals surface area contributed by atoms with E-state index < -0.39 is 43.4 Å². The van der Waals surface area contributed by atoms with E-state index in [0.29, 0.717) is 31.4 Å². The fourth-order valence-electron chi connectivity index (χ4n) is 5.99. The number of benzene rings is 1. The van der Waals surface area contributed by atoms with Gasteiger partial charge in [0.2, 0.25) is 5.91 Å². The SMILES string of the molecule is C=C[C@@H]1[C@@H]2C[C@@H]3c4cc(O)c(O)cc4CCN3C(=O)C2=CC[C@H]1O[C@@H]1O[C@H](CO)[C@@H](O)[C@H](O)[C@H]1O. The number of ether oxygens (including phenoxy) is 2. The van der Waals surface area contributed by atoms with Crippen LogP contribution in [-0.4, -0.2) is 91.4 Å². The monoisotopic (exact) mass is 489 g/mol. The lowest BCUT2D eigenvalue weighted by Gasteiger charge is -2.49. The van der Waals surface area contributed by atoms with Crippen LogP contribution in [-0.2, 0) is 20.7 Å². The van der Waals surface area contributed by atoms with Crippen molar-refractivity contribution in [2.75, 3.05) is 13.2 Å². The Morgan fingerprint density at radius 2 is 1.89 bits per heavy atom. The number of nitrogens with zero attached hydrogens (tertiary/aromatic N) is 1. The molecule has 9 atom stereocenters. The summed E-state index contributed by atoms with van der Waals surface area (Å²) in [6, 6.07) is 2.79. The van der Waals surface area contributed by atoms with Crippen molar-refractivity contribution in [3.63, 3.8) is 0 Å². The van der Waals surface area contributed by atoms with E-state index in [1.165, 1.54) is 6.07 Å². The molecule has 0 aromatic heterocycles. The molecule has 3 heterocycles. The molecular formula is C25H31NO9. The van der Waals surface area contributed by atoms with Crippen LogP contribution in [0.5, 0.6) is 11.5 Å². The summed E-state index contributed by atoms with van der Waals surface area (Å²) >= 11 is 0. The molecule has 10 nitrogen and oxygen atoms in total. The van der Waals surface area contributed by atoms with Gasteiger partial charge in [0.1, 0.15) is 24.4 Å². The molecule has 1 aromatic rings. The maximum Gasteiger partial charge on any atom is 0.250 e. The summed E-state index contributed by atoms with van der Waals surface area (Å²) in [5, 5.41) is 60.0. The van der Waals surface area contributed by atoms with Gasteiger partial charge in [-0.3, -0.25) is 4.79 Å². The number of aromatic hydroxyl groups is 2. The van der Waals surface area contributed by atoms with Gasteiger partial charge in [0.25, 0.3) is 0 Å². The van der Waals surface area contributed by atoms with Crippen molar-refractivity contribution < 1.29 is 44.9 Å². The number of aliphatic hydroxyl groups excluding tert-OH is 4. The summed E-state index contributed by atoms with van der Waals surface area (Å²) in [5.41, 5.74) is 2.37. The van der Waals surface area contributed by atoms with E-state index in [4.69, 9.17) is 9.47 Å². The zero-order valence-corrected chi connectivity index (χ0v) is 19.1. The van der Waals surface area contributed by atoms with Gasteiger partial charge in [-0.05, 0) is 42.5 Å². The second kappa shape index (κ2) is 9.20. The van der Waals surface area contributed by atoms with Crippen LogP contribution in [0, 0.1) is 11.8 Å². The molecule has 10 heteroatoms. The van der Waals surface area contributed by atoms with Crippen molar-refractivity contribution in [3.8, 4) is 11.5 Å². The van der Waals surface area contributed by atoms with Crippen LogP contribution in [0.15, 0.2) is 36.4 Å². The first-order chi connectivity index (χ1) is 16.7. The standard InChI is InChI=1S/C25H31NO9/c1-2-12-15-8-16-14-9-18(29)17(28)7-11(14)5-6-26(16)24(33)13(15)3-4-19(12)34-25-23(32)22(31)21(30)20(10-27)35-25/h2-3,7,9,12,15-16,19-23,25,27-32H,1,4-6,8,10H2/t12-,15+,16-,19-,20-,21-,22+,23-,25-/m1/s1. The van der Waals surface area contributed by atoms with Gasteiger partial charge in [0.05, 0.1) is 18.8 Å². The van der Waals surface area contributed by atoms with Crippen molar-refractivity contribution >= 4 is 5.91 Å². The van der Waals surface area contributed by atoms with Crippen LogP contribution in [0.4, 0.5) is 0 Å². The molecule has 4 aliphatic rings. The van der Waals surface area contributed by atoms with Crippen molar-refractivity contribution in [2.24, 2.45) is 11.8 Å². The van der Waals surface area contributed by atoms with E-state index in [1.807, 2.05) is 6.08 Å². The van der Waals surface area contributed by atoms with Gasteiger partial charge in [0.15, 0.2) is 17.8 Å². The second-order valence-electron chi connectivity index (χ2n) is 9.73. The van der Waals surface area contributed by atoms with Gasteiger partial charge in [-0.2, -0.15) is 0 Å². The van der Waals surface area contributed by atoms with Gasteiger partial charge in [-0.15, -0.1) is 6.58 Å². The molecule has 0 saturated carbocycles. The molecule has 0 unspecified atom stereocenters. The Morgan fingerprint density at radius 1 is 1.14 bits per heavy atom. The third-order valence-electron chi connectivity index (χ3n) is 7.87. The summed E-state index contributed by atoms with van der Waals surface area (Å²) in [6.07, 6.45) is -2.39. The molecule has 1 amide bonds. The first kappa shape index (κ1) is 24.2. The molecule has 2 saturated heterocycles. The number of carbonyl (C=O) groups is 1. The van der Waals surface area contributed by atoms with Crippen molar-refractivity contribution in [2.45, 2.75) is 62.1 Å². The average molecular weight is 490 g/mol. The molecule has 1 aromatic carbocycles. The van der Waals surface area contributed by atoms with Gasteiger partial charge >= 0.3 is 0 Å². The third-order valence-corrected chi connectivity index (χ3v) is 7.87. The molecule has 1 aliphatic carbocycles. The highest BCUT2D eigenvalue weighted by Crippen LogP contribution is 2.49. The second-order valence-corrected chi connectivity index (χ2v) is 9.73. The quantitative estimate of drug-likeness (QED) is 0.250. The summed E-state index contributed by atoms with van der Waals surface area (Å²) in [7, 11) is 0. The Balaban J connectivity index is 1.41. The van der Waals surface area contributed by atoms with Crippen LogP contribution in [0.2, 0.25) is 0 Å². The highest BCUT2D eigenvalue weighted by Gasteiger charge is 2.49.